The van der Waals surface area contributed by atoms with Crippen LogP contribution in [0.5, 0.6) is 0 Å². The number of aromatic nitrogens is 2. The van der Waals surface area contributed by atoms with Gasteiger partial charge in [-0.05, 0) is 18.2 Å². The highest BCUT2D eigenvalue weighted by molar-refractivity contribution is 5.33. The van der Waals surface area contributed by atoms with Crippen molar-refractivity contribution in [2.75, 3.05) is 0 Å². The molecule has 0 spiro atoms. The van der Waals surface area contributed by atoms with Gasteiger partial charge in [-0.3, -0.25) is 0 Å². The summed E-state index contributed by atoms with van der Waals surface area (Å²) in [5.41, 5.74) is 6.07. The van der Waals surface area contributed by atoms with Crippen LogP contribution >= 0.6 is 0 Å². The molecule has 3 nitrogen and oxygen atoms in total. The van der Waals surface area contributed by atoms with Crippen LogP contribution in [-0.2, 0) is 6.54 Å². The van der Waals surface area contributed by atoms with Gasteiger partial charge < -0.3 is 5.73 Å². The third kappa shape index (κ3) is 1.87. The molecule has 0 fully saturated rings. The number of hydrogen-bond acceptors (Lipinski definition) is 2. The largest absolute Gasteiger partial charge is 0.325 e. The monoisotopic (exact) mass is 209 g/mol. The van der Waals surface area contributed by atoms with E-state index < -0.39 is 11.6 Å². The molecule has 15 heavy (non-hydrogen) atoms. The Kier molecular flexibility index (Phi) is 2.47. The topological polar surface area (TPSA) is 43.8 Å². The van der Waals surface area contributed by atoms with Crippen LogP contribution < -0.4 is 5.73 Å². The summed E-state index contributed by atoms with van der Waals surface area (Å²) >= 11 is 0. The van der Waals surface area contributed by atoms with Gasteiger partial charge in [-0.1, -0.05) is 0 Å². The molecule has 2 aromatic rings. The Morgan fingerprint density at radius 1 is 1.27 bits per heavy atom. The van der Waals surface area contributed by atoms with Crippen LogP contribution in [0.2, 0.25) is 0 Å². The van der Waals surface area contributed by atoms with Gasteiger partial charge in [-0.15, -0.1) is 0 Å². The first-order valence-electron chi connectivity index (χ1n) is 4.41. The quantitative estimate of drug-likeness (QED) is 0.816. The average Bonchev–Trinajstić information content (AvgIpc) is 2.70. The summed E-state index contributed by atoms with van der Waals surface area (Å²) in [5.74, 6) is -1.03. The lowest BCUT2D eigenvalue weighted by molar-refractivity contribution is 0.586. The zero-order valence-electron chi connectivity index (χ0n) is 7.82. The minimum absolute atomic E-state index is 0.0784. The lowest BCUT2D eigenvalue weighted by atomic mass is 10.3. The van der Waals surface area contributed by atoms with E-state index in [9.17, 15) is 8.78 Å². The molecular weight excluding hydrogens is 200 g/mol. The fraction of sp³-hybridized carbons (Fsp3) is 0.100. The van der Waals surface area contributed by atoms with E-state index in [0.717, 1.165) is 18.2 Å². The summed E-state index contributed by atoms with van der Waals surface area (Å²) in [6.07, 6.45) is 1.54. The Balaban J connectivity index is 2.48. The van der Waals surface area contributed by atoms with Gasteiger partial charge in [0, 0.05) is 18.8 Å². The van der Waals surface area contributed by atoms with Crippen LogP contribution in [0, 0.1) is 11.6 Å². The summed E-state index contributed by atoms with van der Waals surface area (Å²) in [5, 5.41) is 3.99. The van der Waals surface area contributed by atoms with E-state index in [1.807, 2.05) is 0 Å². The summed E-state index contributed by atoms with van der Waals surface area (Å²) in [7, 11) is 0. The number of nitrogens with zero attached hydrogens (tertiary/aromatic N) is 2. The molecule has 2 rings (SSSR count). The van der Waals surface area contributed by atoms with E-state index in [0.29, 0.717) is 5.69 Å². The molecule has 0 saturated heterocycles. The molecule has 0 atom stereocenters. The van der Waals surface area contributed by atoms with E-state index in [2.05, 4.69) is 5.10 Å². The number of benzene rings is 1. The second-order valence-electron chi connectivity index (χ2n) is 3.05. The van der Waals surface area contributed by atoms with E-state index in [-0.39, 0.29) is 12.2 Å². The van der Waals surface area contributed by atoms with Crippen LogP contribution in [0.3, 0.4) is 0 Å². The van der Waals surface area contributed by atoms with Crippen LogP contribution in [0.15, 0.2) is 30.5 Å². The number of rotatable bonds is 2. The number of hydrogen-bond donors (Lipinski definition) is 1. The fourth-order valence-corrected chi connectivity index (χ4v) is 1.27. The highest BCUT2D eigenvalue weighted by Crippen LogP contribution is 2.14. The van der Waals surface area contributed by atoms with Gasteiger partial charge in [0.15, 0.2) is 0 Å². The van der Waals surface area contributed by atoms with Crippen molar-refractivity contribution in [1.29, 1.82) is 0 Å². The summed E-state index contributed by atoms with van der Waals surface area (Å²) in [6, 6.07) is 4.87. The average molecular weight is 209 g/mol. The molecule has 0 aliphatic rings. The summed E-state index contributed by atoms with van der Waals surface area (Å²) in [4.78, 5) is 0. The van der Waals surface area contributed by atoms with Gasteiger partial charge in [-0.2, -0.15) is 5.10 Å². The van der Waals surface area contributed by atoms with Gasteiger partial charge in [0.25, 0.3) is 0 Å². The second-order valence-corrected chi connectivity index (χ2v) is 3.05. The molecule has 0 amide bonds. The molecule has 1 aromatic heterocycles. The maximum Gasteiger partial charge on any atom is 0.149 e. The number of halogens is 2. The Labute approximate surface area is 85.1 Å². The first-order valence-corrected chi connectivity index (χ1v) is 4.41. The number of nitrogens with two attached hydrogens (primary N) is 1. The fourth-order valence-electron chi connectivity index (χ4n) is 1.27. The van der Waals surface area contributed by atoms with Gasteiger partial charge in [0.2, 0.25) is 0 Å². The Morgan fingerprint density at radius 3 is 2.73 bits per heavy atom. The SMILES string of the molecule is NCc1ccn(-c2cc(F)ccc2F)n1. The van der Waals surface area contributed by atoms with Gasteiger partial charge >= 0.3 is 0 Å². The maximum atomic E-state index is 13.3. The lowest BCUT2D eigenvalue weighted by Crippen LogP contribution is -2.02. The lowest BCUT2D eigenvalue weighted by Gasteiger charge is -2.02. The van der Waals surface area contributed by atoms with Crippen molar-refractivity contribution in [2.45, 2.75) is 6.54 Å². The van der Waals surface area contributed by atoms with Crippen molar-refractivity contribution >= 4 is 0 Å². The van der Waals surface area contributed by atoms with Crippen molar-refractivity contribution in [2.24, 2.45) is 5.73 Å². The molecule has 5 heteroatoms. The first-order chi connectivity index (χ1) is 7.20. The Bertz CT molecular complexity index is 479. The van der Waals surface area contributed by atoms with E-state index in [4.69, 9.17) is 5.73 Å². The molecule has 0 saturated carbocycles. The van der Waals surface area contributed by atoms with E-state index in [1.165, 1.54) is 4.68 Å². The molecule has 1 aromatic carbocycles. The standard InChI is InChI=1S/C10H9F2N3/c11-7-1-2-9(12)10(5-7)15-4-3-8(6-13)14-15/h1-5H,6,13H2. The van der Waals surface area contributed by atoms with Crippen LogP contribution in [0.25, 0.3) is 5.69 Å². The van der Waals surface area contributed by atoms with Crippen molar-refractivity contribution in [3.63, 3.8) is 0 Å². The highest BCUT2D eigenvalue weighted by Gasteiger charge is 2.07. The molecule has 1 heterocycles. The normalized spacial score (nSPS) is 10.6. The zero-order chi connectivity index (χ0) is 10.8. The highest BCUT2D eigenvalue weighted by atomic mass is 19.1. The van der Waals surface area contributed by atoms with Gasteiger partial charge in [0.05, 0.1) is 5.69 Å². The minimum Gasteiger partial charge on any atom is -0.325 e. The zero-order valence-corrected chi connectivity index (χ0v) is 7.82. The second kappa shape index (κ2) is 3.78. The first kappa shape index (κ1) is 9.79. The van der Waals surface area contributed by atoms with Crippen molar-refractivity contribution in [1.82, 2.24) is 9.78 Å². The molecule has 0 radical (unpaired) electrons. The predicted molar refractivity (Wildman–Crippen MR) is 51.4 cm³/mol. The van der Waals surface area contributed by atoms with Crippen LogP contribution in [-0.4, -0.2) is 9.78 Å². The van der Waals surface area contributed by atoms with Crippen molar-refractivity contribution < 1.29 is 8.78 Å². The van der Waals surface area contributed by atoms with Gasteiger partial charge in [0.1, 0.15) is 17.3 Å². The molecular formula is C10H9F2N3. The summed E-state index contributed by atoms with van der Waals surface area (Å²) in [6.45, 7) is 0.268. The van der Waals surface area contributed by atoms with Crippen LogP contribution in [0.4, 0.5) is 8.78 Å². The third-order valence-corrected chi connectivity index (χ3v) is 2.01. The van der Waals surface area contributed by atoms with E-state index >= 15 is 0 Å². The Hall–Kier alpha value is -1.75. The maximum absolute atomic E-state index is 13.3. The molecule has 78 valence electrons. The Morgan fingerprint density at radius 2 is 2.07 bits per heavy atom. The third-order valence-electron chi connectivity index (χ3n) is 2.01. The molecule has 0 unspecified atom stereocenters. The predicted octanol–water partition coefficient (Wildman–Crippen LogP) is 1.61. The van der Waals surface area contributed by atoms with Gasteiger partial charge in [-0.25, -0.2) is 13.5 Å². The molecule has 0 aliphatic heterocycles. The minimum atomic E-state index is -0.525. The molecule has 2 N–H and O–H groups in total. The summed E-state index contributed by atoms with van der Waals surface area (Å²) < 4.78 is 27.5. The van der Waals surface area contributed by atoms with Crippen molar-refractivity contribution in [3.05, 3.63) is 47.8 Å². The van der Waals surface area contributed by atoms with E-state index in [1.54, 1.807) is 12.3 Å². The molecule has 0 aliphatic carbocycles. The van der Waals surface area contributed by atoms with Crippen LogP contribution in [0.1, 0.15) is 5.69 Å². The smallest absolute Gasteiger partial charge is 0.149 e. The van der Waals surface area contributed by atoms with Crippen molar-refractivity contribution in [3.8, 4) is 5.69 Å². The molecule has 0 bridgehead atoms.